The van der Waals surface area contributed by atoms with Gasteiger partial charge in [-0.15, -0.1) is 0 Å². The van der Waals surface area contributed by atoms with Gasteiger partial charge in [-0.1, -0.05) is 6.07 Å². The number of rotatable bonds is 2. The number of methoxy groups -OCH3 is 1. The van der Waals surface area contributed by atoms with E-state index in [1.54, 1.807) is 12.1 Å². The van der Waals surface area contributed by atoms with Crippen molar-refractivity contribution in [2.24, 2.45) is 0 Å². The van der Waals surface area contributed by atoms with Gasteiger partial charge in [0.25, 0.3) is 0 Å². The van der Waals surface area contributed by atoms with Crippen LogP contribution in [0.3, 0.4) is 0 Å². The maximum atomic E-state index is 12.1. The van der Waals surface area contributed by atoms with Crippen molar-refractivity contribution in [3.05, 3.63) is 47.0 Å². The highest BCUT2D eigenvalue weighted by atomic mass is 16.5. The molecule has 1 amide bonds. The van der Waals surface area contributed by atoms with Crippen molar-refractivity contribution in [3.8, 4) is 17.2 Å². The largest absolute Gasteiger partial charge is 0.504 e. The van der Waals surface area contributed by atoms with Gasteiger partial charge in [0.05, 0.1) is 13.7 Å². The van der Waals surface area contributed by atoms with Crippen molar-refractivity contribution >= 4 is 11.6 Å². The molecule has 5 nitrogen and oxygen atoms in total. The first-order valence-corrected chi connectivity index (χ1v) is 7.62. The van der Waals surface area contributed by atoms with Gasteiger partial charge >= 0.3 is 0 Å². The fourth-order valence-corrected chi connectivity index (χ4v) is 3.34. The van der Waals surface area contributed by atoms with E-state index in [4.69, 9.17) is 9.47 Å². The average Bonchev–Trinajstić information content (AvgIpc) is 3.00. The molecule has 4 rings (SSSR count). The van der Waals surface area contributed by atoms with Crippen LogP contribution in [0.5, 0.6) is 17.2 Å². The van der Waals surface area contributed by atoms with E-state index < -0.39 is 0 Å². The molecule has 0 aliphatic carbocycles. The number of nitrogens with one attached hydrogen (secondary N) is 1. The summed E-state index contributed by atoms with van der Waals surface area (Å²) in [6, 6.07) is 9.26. The molecule has 0 saturated carbocycles. The lowest BCUT2D eigenvalue weighted by molar-refractivity contribution is -0.116. The summed E-state index contributed by atoms with van der Waals surface area (Å²) in [6.07, 6.45) is 1.23. The first kappa shape index (κ1) is 13.9. The van der Waals surface area contributed by atoms with Crippen molar-refractivity contribution in [1.29, 1.82) is 0 Å². The second kappa shape index (κ2) is 5.19. The number of ether oxygens (including phenoxy) is 2. The van der Waals surface area contributed by atoms with Gasteiger partial charge in [-0.2, -0.15) is 0 Å². The molecule has 1 unspecified atom stereocenters. The topological polar surface area (TPSA) is 67.8 Å². The summed E-state index contributed by atoms with van der Waals surface area (Å²) in [4.78, 5) is 12.1. The van der Waals surface area contributed by atoms with Crippen LogP contribution in [0.2, 0.25) is 0 Å². The lowest BCUT2D eigenvalue weighted by Crippen LogP contribution is -2.23. The highest BCUT2D eigenvalue weighted by Gasteiger charge is 2.29. The number of hydrogen-bond donors (Lipinski definition) is 2. The molecule has 1 atom stereocenters. The zero-order chi connectivity index (χ0) is 16.0. The molecule has 0 bridgehead atoms. The third-order valence-corrected chi connectivity index (χ3v) is 4.51. The Morgan fingerprint density at radius 1 is 1.30 bits per heavy atom. The first-order valence-electron chi connectivity index (χ1n) is 7.62. The normalized spacial score (nSPS) is 18.7. The number of phenols is 1. The van der Waals surface area contributed by atoms with Crippen LogP contribution in [0.15, 0.2) is 30.3 Å². The van der Waals surface area contributed by atoms with Crippen molar-refractivity contribution in [1.82, 2.24) is 0 Å². The van der Waals surface area contributed by atoms with E-state index in [0.29, 0.717) is 18.8 Å². The van der Waals surface area contributed by atoms with Crippen LogP contribution in [0.1, 0.15) is 29.0 Å². The molecule has 2 heterocycles. The Morgan fingerprint density at radius 3 is 3.00 bits per heavy atom. The minimum Gasteiger partial charge on any atom is -0.504 e. The van der Waals surface area contributed by atoms with Crippen LogP contribution in [-0.2, 0) is 11.2 Å². The summed E-state index contributed by atoms with van der Waals surface area (Å²) >= 11 is 0. The van der Waals surface area contributed by atoms with Crippen LogP contribution in [0, 0.1) is 0 Å². The summed E-state index contributed by atoms with van der Waals surface area (Å²) in [7, 11) is 1.51. The molecule has 0 radical (unpaired) electrons. The molecule has 118 valence electrons. The monoisotopic (exact) mass is 311 g/mol. The van der Waals surface area contributed by atoms with Gasteiger partial charge in [0.2, 0.25) is 5.91 Å². The predicted molar refractivity (Wildman–Crippen MR) is 85.4 cm³/mol. The van der Waals surface area contributed by atoms with Gasteiger partial charge in [-0.3, -0.25) is 4.79 Å². The first-order chi connectivity index (χ1) is 11.2. The Labute approximate surface area is 133 Å². The number of phenolic OH excluding ortho intramolecular Hbond substituents is 1. The second-order valence-corrected chi connectivity index (χ2v) is 5.88. The number of benzene rings is 2. The van der Waals surface area contributed by atoms with Crippen LogP contribution in [0.25, 0.3) is 0 Å². The molecular formula is C18H17NO4. The fraction of sp³-hybridized carbons (Fsp3) is 0.278. The molecule has 2 aromatic carbocycles. The smallest absolute Gasteiger partial charge is 0.225 e. The molecular weight excluding hydrogens is 294 g/mol. The van der Waals surface area contributed by atoms with Gasteiger partial charge in [0, 0.05) is 24.4 Å². The number of carbonyl (C=O) groups excluding carboxylic acids is 1. The van der Waals surface area contributed by atoms with Crippen molar-refractivity contribution in [3.63, 3.8) is 0 Å². The maximum Gasteiger partial charge on any atom is 0.225 e. The molecule has 2 aromatic rings. The van der Waals surface area contributed by atoms with E-state index in [0.717, 1.165) is 34.5 Å². The van der Waals surface area contributed by atoms with Crippen molar-refractivity contribution < 1.29 is 19.4 Å². The van der Waals surface area contributed by atoms with Gasteiger partial charge in [-0.05, 0) is 41.0 Å². The van der Waals surface area contributed by atoms with Gasteiger partial charge in [-0.25, -0.2) is 0 Å². The predicted octanol–water partition coefficient (Wildman–Crippen LogP) is 2.81. The number of aromatic hydroxyl groups is 1. The summed E-state index contributed by atoms with van der Waals surface area (Å²) in [6.45, 7) is 0.684. The third-order valence-electron chi connectivity index (χ3n) is 4.51. The van der Waals surface area contributed by atoms with Crippen LogP contribution in [-0.4, -0.2) is 24.7 Å². The summed E-state index contributed by atoms with van der Waals surface area (Å²) in [5.41, 5.74) is 3.96. The van der Waals surface area contributed by atoms with Gasteiger partial charge in [0.15, 0.2) is 11.5 Å². The van der Waals surface area contributed by atoms with E-state index >= 15 is 0 Å². The molecule has 2 N–H and O–H groups in total. The molecule has 0 aromatic heterocycles. The highest BCUT2D eigenvalue weighted by Crippen LogP contribution is 2.43. The van der Waals surface area contributed by atoms with Crippen LogP contribution in [0.4, 0.5) is 5.69 Å². The maximum absolute atomic E-state index is 12.1. The Kier molecular flexibility index (Phi) is 3.15. The number of anilines is 1. The zero-order valence-corrected chi connectivity index (χ0v) is 12.8. The van der Waals surface area contributed by atoms with Gasteiger partial charge < -0.3 is 19.9 Å². The van der Waals surface area contributed by atoms with E-state index in [1.807, 2.05) is 18.2 Å². The third kappa shape index (κ3) is 2.29. The minimum absolute atomic E-state index is 0.00610. The Morgan fingerprint density at radius 2 is 2.17 bits per heavy atom. The second-order valence-electron chi connectivity index (χ2n) is 5.88. The lowest BCUT2D eigenvalue weighted by Gasteiger charge is -2.27. The fourth-order valence-electron chi connectivity index (χ4n) is 3.34. The molecule has 0 fully saturated rings. The Bertz CT molecular complexity index is 800. The Balaban J connectivity index is 1.83. The van der Waals surface area contributed by atoms with Crippen LogP contribution < -0.4 is 14.8 Å². The van der Waals surface area contributed by atoms with E-state index in [1.165, 1.54) is 7.11 Å². The molecule has 5 heteroatoms. The zero-order valence-electron chi connectivity index (χ0n) is 12.8. The summed E-state index contributed by atoms with van der Waals surface area (Å²) in [5, 5.41) is 12.7. The SMILES string of the molecule is COc1cc(C2CC(=O)Nc3cc4c(cc32)OCC4)ccc1O. The molecule has 0 saturated heterocycles. The highest BCUT2D eigenvalue weighted by molar-refractivity contribution is 5.95. The molecule has 2 aliphatic rings. The number of hydrogen-bond acceptors (Lipinski definition) is 4. The van der Waals surface area contributed by atoms with Gasteiger partial charge in [0.1, 0.15) is 5.75 Å². The van der Waals surface area contributed by atoms with E-state index in [-0.39, 0.29) is 17.6 Å². The summed E-state index contributed by atoms with van der Waals surface area (Å²) in [5.74, 6) is 1.31. The summed E-state index contributed by atoms with van der Waals surface area (Å²) < 4.78 is 10.9. The standard InChI is InChI=1S/C18H17NO4/c1-22-17-7-10(2-3-15(17)20)12-9-18(21)19-14-6-11-4-5-23-16(11)8-13(12)14/h2-3,6-8,12,20H,4-5,9H2,1H3,(H,19,21). The Hall–Kier alpha value is -2.69. The quantitative estimate of drug-likeness (QED) is 0.895. The number of carbonyl (C=O) groups is 1. The van der Waals surface area contributed by atoms with E-state index in [2.05, 4.69) is 5.32 Å². The van der Waals surface area contributed by atoms with Crippen molar-refractivity contribution in [2.75, 3.05) is 19.0 Å². The molecule has 23 heavy (non-hydrogen) atoms. The lowest BCUT2D eigenvalue weighted by atomic mass is 9.84. The molecule has 2 aliphatic heterocycles. The van der Waals surface area contributed by atoms with Crippen molar-refractivity contribution in [2.45, 2.75) is 18.8 Å². The minimum atomic E-state index is -0.0808. The van der Waals surface area contributed by atoms with E-state index in [9.17, 15) is 9.90 Å². The molecule has 0 spiro atoms. The number of fused-ring (bicyclic) bond motifs is 2. The van der Waals surface area contributed by atoms with Crippen LogP contribution >= 0.6 is 0 Å². The average molecular weight is 311 g/mol. The number of amides is 1.